The van der Waals surface area contributed by atoms with Gasteiger partial charge in [0.25, 0.3) is 5.91 Å². The zero-order valence-corrected chi connectivity index (χ0v) is 4.37. The van der Waals surface area contributed by atoms with Crippen molar-refractivity contribution in [3.8, 4) is 0 Å². The van der Waals surface area contributed by atoms with Crippen LogP contribution in [0.15, 0.2) is 4.99 Å². The number of nitrogens with zero attached hydrogens (tertiary/aromatic N) is 1. The van der Waals surface area contributed by atoms with Crippen molar-refractivity contribution >= 4 is 18.2 Å². The van der Waals surface area contributed by atoms with Crippen LogP contribution in [0, 0.1) is 0 Å². The van der Waals surface area contributed by atoms with Gasteiger partial charge in [-0.05, 0) is 0 Å². The highest BCUT2D eigenvalue weighted by Gasteiger charge is 2.27. The number of carboxylic acids is 1. The van der Waals surface area contributed by atoms with Gasteiger partial charge < -0.3 is 10.4 Å². The molecule has 1 rings (SSSR count). The summed E-state index contributed by atoms with van der Waals surface area (Å²) < 4.78 is 0. The van der Waals surface area contributed by atoms with Gasteiger partial charge in [0, 0.05) is 0 Å². The van der Waals surface area contributed by atoms with Crippen LogP contribution in [0.2, 0.25) is 0 Å². The first-order valence-electron chi connectivity index (χ1n) is 2.26. The van der Waals surface area contributed by atoms with E-state index in [1.54, 1.807) is 0 Å². The van der Waals surface area contributed by atoms with Gasteiger partial charge in [0.15, 0.2) is 0 Å². The third kappa shape index (κ3) is 0.883. The van der Waals surface area contributed by atoms with Gasteiger partial charge in [0.05, 0.1) is 6.34 Å². The Morgan fingerprint density at radius 2 is 2.56 bits per heavy atom. The molecule has 0 unspecified atom stereocenters. The maximum Gasteiger partial charge on any atom is 0.338 e. The predicted molar refractivity (Wildman–Crippen MR) is 28.1 cm³/mol. The van der Waals surface area contributed by atoms with E-state index in [0.29, 0.717) is 0 Å². The van der Waals surface area contributed by atoms with Crippen molar-refractivity contribution in [2.45, 2.75) is 6.04 Å². The van der Waals surface area contributed by atoms with E-state index in [2.05, 4.69) is 10.3 Å². The van der Waals surface area contributed by atoms with Crippen LogP contribution in [0.4, 0.5) is 0 Å². The van der Waals surface area contributed by atoms with Gasteiger partial charge in [-0.3, -0.25) is 9.79 Å². The maximum atomic E-state index is 10.4. The van der Waals surface area contributed by atoms with Crippen LogP contribution in [0.1, 0.15) is 0 Å². The lowest BCUT2D eigenvalue weighted by Gasteiger charge is -1.93. The normalized spacial score (nSPS) is 24.0. The Hall–Kier alpha value is -1.39. The molecule has 0 bridgehead atoms. The van der Waals surface area contributed by atoms with E-state index in [9.17, 15) is 9.59 Å². The monoisotopic (exact) mass is 128 g/mol. The summed E-state index contributed by atoms with van der Waals surface area (Å²) in [5, 5.41) is 10.3. The largest absolute Gasteiger partial charge is 0.479 e. The molecule has 9 heavy (non-hydrogen) atoms. The average Bonchev–Trinajstić information content (AvgIpc) is 2.13. The van der Waals surface area contributed by atoms with E-state index in [4.69, 9.17) is 5.11 Å². The molecule has 0 aromatic rings. The van der Waals surface area contributed by atoms with Gasteiger partial charge in [-0.2, -0.15) is 0 Å². The topological polar surface area (TPSA) is 78.8 Å². The Kier molecular flexibility index (Phi) is 1.18. The number of carboxylic acid groups (broad SMARTS) is 1. The first-order chi connectivity index (χ1) is 4.22. The van der Waals surface area contributed by atoms with E-state index in [1.807, 2.05) is 0 Å². The highest BCUT2D eigenvalue weighted by molar-refractivity contribution is 6.09. The fourth-order valence-electron chi connectivity index (χ4n) is 0.498. The zero-order valence-electron chi connectivity index (χ0n) is 4.37. The Balaban J connectivity index is 2.71. The molecule has 1 amide bonds. The summed E-state index contributed by atoms with van der Waals surface area (Å²) in [6.45, 7) is 0. The minimum Gasteiger partial charge on any atom is -0.479 e. The Bertz CT molecular complexity index is 186. The minimum absolute atomic E-state index is 0.581. The average molecular weight is 128 g/mol. The Labute approximate surface area is 50.4 Å². The lowest BCUT2D eigenvalue weighted by Crippen LogP contribution is -2.30. The second-order valence-corrected chi connectivity index (χ2v) is 1.53. The zero-order chi connectivity index (χ0) is 6.85. The third-order valence-electron chi connectivity index (χ3n) is 0.913. The van der Waals surface area contributed by atoms with Crippen LogP contribution in [-0.4, -0.2) is 29.4 Å². The number of aliphatic carboxylic acids is 1. The number of hydrogen-bond donors (Lipinski definition) is 2. The minimum atomic E-state index is -1.23. The first-order valence-corrected chi connectivity index (χ1v) is 2.26. The van der Waals surface area contributed by atoms with E-state index in [1.165, 1.54) is 0 Å². The van der Waals surface area contributed by atoms with Crippen LogP contribution in [-0.2, 0) is 9.59 Å². The summed E-state index contributed by atoms with van der Waals surface area (Å²) in [6.07, 6.45) is 1.08. The second kappa shape index (κ2) is 1.85. The van der Waals surface area contributed by atoms with Crippen LogP contribution in [0.3, 0.4) is 0 Å². The van der Waals surface area contributed by atoms with Crippen molar-refractivity contribution in [2.75, 3.05) is 0 Å². The number of carbonyl (C=O) groups is 2. The molecule has 0 saturated carbocycles. The Morgan fingerprint density at radius 1 is 1.89 bits per heavy atom. The molecule has 1 aliphatic rings. The third-order valence-corrected chi connectivity index (χ3v) is 0.913. The van der Waals surface area contributed by atoms with Gasteiger partial charge in [-0.15, -0.1) is 0 Å². The molecule has 0 saturated heterocycles. The van der Waals surface area contributed by atoms with Crippen LogP contribution in [0.25, 0.3) is 0 Å². The summed E-state index contributed by atoms with van der Waals surface area (Å²) >= 11 is 0. The number of amides is 1. The van der Waals surface area contributed by atoms with Crippen molar-refractivity contribution in [2.24, 2.45) is 4.99 Å². The Morgan fingerprint density at radius 3 is 2.78 bits per heavy atom. The molecule has 0 aliphatic carbocycles. The molecule has 1 heterocycles. The summed E-state index contributed by atoms with van der Waals surface area (Å²) in [5.41, 5.74) is 0. The fraction of sp³-hybridized carbons (Fsp3) is 0.250. The van der Waals surface area contributed by atoms with Crippen LogP contribution < -0.4 is 5.32 Å². The van der Waals surface area contributed by atoms with Crippen LogP contribution in [0.5, 0.6) is 0 Å². The van der Waals surface area contributed by atoms with Crippen molar-refractivity contribution in [1.82, 2.24) is 5.32 Å². The molecular weight excluding hydrogens is 124 g/mol. The van der Waals surface area contributed by atoms with Gasteiger partial charge in [-0.1, -0.05) is 0 Å². The number of hydrogen-bond acceptors (Lipinski definition) is 3. The van der Waals surface area contributed by atoms with Crippen LogP contribution >= 0.6 is 0 Å². The van der Waals surface area contributed by atoms with E-state index >= 15 is 0 Å². The second-order valence-electron chi connectivity index (χ2n) is 1.53. The van der Waals surface area contributed by atoms with Gasteiger partial charge in [0.2, 0.25) is 6.04 Å². The smallest absolute Gasteiger partial charge is 0.338 e. The molecule has 0 radical (unpaired) electrons. The number of nitrogens with one attached hydrogen (secondary N) is 1. The van der Waals surface area contributed by atoms with E-state index < -0.39 is 17.9 Å². The molecule has 0 aromatic heterocycles. The molecular formula is C4H4N2O3. The van der Waals surface area contributed by atoms with Crippen molar-refractivity contribution < 1.29 is 14.7 Å². The van der Waals surface area contributed by atoms with Crippen molar-refractivity contribution in [3.05, 3.63) is 0 Å². The van der Waals surface area contributed by atoms with Gasteiger partial charge in [0.1, 0.15) is 0 Å². The maximum absolute atomic E-state index is 10.4. The molecule has 0 fully saturated rings. The highest BCUT2D eigenvalue weighted by atomic mass is 16.4. The summed E-state index contributed by atoms with van der Waals surface area (Å²) in [6, 6.07) is -1.23. The highest BCUT2D eigenvalue weighted by Crippen LogP contribution is 1.94. The fourth-order valence-corrected chi connectivity index (χ4v) is 0.498. The number of carbonyl (C=O) groups excluding carboxylic acids is 1. The number of rotatable bonds is 1. The van der Waals surface area contributed by atoms with Crippen molar-refractivity contribution in [1.29, 1.82) is 0 Å². The van der Waals surface area contributed by atoms with E-state index in [0.717, 1.165) is 6.34 Å². The molecule has 1 aliphatic heterocycles. The summed E-state index contributed by atoms with van der Waals surface area (Å²) in [5.74, 6) is -1.80. The van der Waals surface area contributed by atoms with Gasteiger partial charge >= 0.3 is 5.97 Å². The molecule has 2 N–H and O–H groups in total. The first kappa shape index (κ1) is 5.74. The quantitative estimate of drug-likeness (QED) is 0.426. The standard InChI is InChI=1S/C4H4N2O3/c7-3-2(4(8)9)5-1-6-3/h1-2H,(H,8,9)(H,5,6,7)/t2-/m0/s1. The van der Waals surface area contributed by atoms with Gasteiger partial charge in [-0.25, -0.2) is 4.79 Å². The summed E-state index contributed by atoms with van der Waals surface area (Å²) in [4.78, 5) is 23.8. The SMILES string of the molecule is O=C(O)[C@H]1N=CNC1=O. The molecule has 48 valence electrons. The summed E-state index contributed by atoms with van der Waals surface area (Å²) in [7, 11) is 0. The lowest BCUT2D eigenvalue weighted by molar-refractivity contribution is -0.141. The van der Waals surface area contributed by atoms with E-state index in [-0.39, 0.29) is 0 Å². The number of aliphatic imine (C=N–C) groups is 1. The van der Waals surface area contributed by atoms with Crippen molar-refractivity contribution in [3.63, 3.8) is 0 Å². The predicted octanol–water partition coefficient (Wildman–Crippen LogP) is -1.40. The molecule has 0 spiro atoms. The lowest BCUT2D eigenvalue weighted by atomic mass is 10.3. The molecule has 0 aromatic carbocycles. The molecule has 5 nitrogen and oxygen atoms in total. The molecule has 1 atom stereocenters. The molecule has 5 heteroatoms.